The molecule has 0 aliphatic heterocycles. The van der Waals surface area contributed by atoms with Gasteiger partial charge in [0.2, 0.25) is 5.89 Å². The Morgan fingerprint density at radius 2 is 2.29 bits per heavy atom. The third-order valence-electron chi connectivity index (χ3n) is 2.47. The number of aromatic nitrogens is 3. The summed E-state index contributed by atoms with van der Waals surface area (Å²) in [6, 6.07) is 0. The smallest absolute Gasteiger partial charge is 0.236 e. The van der Waals surface area contributed by atoms with Crippen molar-refractivity contribution in [2.75, 3.05) is 0 Å². The summed E-state index contributed by atoms with van der Waals surface area (Å²) in [6.07, 6.45) is 0.540. The van der Waals surface area contributed by atoms with Crippen molar-refractivity contribution in [1.29, 1.82) is 0 Å². The maximum Gasteiger partial charge on any atom is 0.236 e. The van der Waals surface area contributed by atoms with E-state index in [9.17, 15) is 4.79 Å². The Balaban J connectivity index is 2.11. The van der Waals surface area contributed by atoms with Crippen LogP contribution in [-0.2, 0) is 11.2 Å². The minimum Gasteiger partial charge on any atom is -0.339 e. The Labute approximate surface area is 103 Å². The molecule has 0 saturated heterocycles. The number of hydrogen-bond donors (Lipinski definition) is 0. The summed E-state index contributed by atoms with van der Waals surface area (Å²) in [6.45, 7) is 5.22. The quantitative estimate of drug-likeness (QED) is 0.832. The number of aryl methyl sites for hydroxylation is 1. The number of carbonyl (C=O) groups excluding carboxylic acids is 1. The average molecular weight is 251 g/mol. The highest BCUT2D eigenvalue weighted by Crippen LogP contribution is 2.16. The molecule has 0 aliphatic rings. The molecule has 17 heavy (non-hydrogen) atoms. The van der Waals surface area contributed by atoms with Gasteiger partial charge in [-0.25, -0.2) is 4.98 Å². The highest BCUT2D eigenvalue weighted by atomic mass is 32.1. The van der Waals surface area contributed by atoms with Crippen LogP contribution in [0.4, 0.5) is 0 Å². The standard InChI is InChI=1S/C11H13N3O2S/c1-6(7(2)15)11-13-10(14-16-11)4-9-5-17-8(3)12-9/h5-6H,4H2,1-3H3. The van der Waals surface area contributed by atoms with Gasteiger partial charge in [-0.05, 0) is 20.8 Å². The number of ketones is 1. The first-order valence-electron chi connectivity index (χ1n) is 5.30. The third-order valence-corrected chi connectivity index (χ3v) is 3.29. The fraction of sp³-hybridized carbons (Fsp3) is 0.455. The first kappa shape index (κ1) is 11.9. The molecule has 1 unspecified atom stereocenters. The summed E-state index contributed by atoms with van der Waals surface area (Å²) < 4.78 is 5.06. The van der Waals surface area contributed by atoms with E-state index in [4.69, 9.17) is 4.52 Å². The molecule has 0 radical (unpaired) electrons. The minimum atomic E-state index is -0.339. The van der Waals surface area contributed by atoms with E-state index in [1.807, 2.05) is 12.3 Å². The van der Waals surface area contributed by atoms with Gasteiger partial charge in [0.05, 0.1) is 23.0 Å². The first-order chi connectivity index (χ1) is 8.06. The van der Waals surface area contributed by atoms with Gasteiger partial charge in [0.1, 0.15) is 5.78 Å². The van der Waals surface area contributed by atoms with Crippen LogP contribution in [0.5, 0.6) is 0 Å². The Morgan fingerprint density at radius 3 is 2.88 bits per heavy atom. The molecule has 0 aromatic carbocycles. The molecule has 2 heterocycles. The lowest BCUT2D eigenvalue weighted by Gasteiger charge is -1.97. The SMILES string of the molecule is CC(=O)C(C)c1nc(Cc2csc(C)n2)no1. The predicted molar refractivity (Wildman–Crippen MR) is 63.1 cm³/mol. The molecule has 90 valence electrons. The zero-order chi connectivity index (χ0) is 12.4. The van der Waals surface area contributed by atoms with Gasteiger partial charge in [-0.3, -0.25) is 4.79 Å². The van der Waals surface area contributed by atoms with E-state index in [0.29, 0.717) is 18.1 Å². The van der Waals surface area contributed by atoms with Gasteiger partial charge in [-0.2, -0.15) is 4.98 Å². The lowest BCUT2D eigenvalue weighted by Crippen LogP contribution is -2.04. The van der Waals surface area contributed by atoms with Crippen molar-refractivity contribution in [2.24, 2.45) is 0 Å². The normalized spacial score (nSPS) is 12.6. The van der Waals surface area contributed by atoms with Crippen molar-refractivity contribution in [3.05, 3.63) is 27.8 Å². The Hall–Kier alpha value is -1.56. The molecule has 2 aromatic rings. The number of carbonyl (C=O) groups is 1. The van der Waals surface area contributed by atoms with Gasteiger partial charge in [-0.1, -0.05) is 5.16 Å². The molecule has 0 bridgehead atoms. The summed E-state index contributed by atoms with van der Waals surface area (Å²) in [5.74, 6) is 0.621. The monoisotopic (exact) mass is 251 g/mol. The maximum atomic E-state index is 11.2. The molecule has 0 saturated carbocycles. The number of Topliss-reactive ketones (excluding diaryl/α,β-unsaturated/α-hetero) is 1. The third kappa shape index (κ3) is 2.76. The lowest BCUT2D eigenvalue weighted by atomic mass is 10.1. The van der Waals surface area contributed by atoms with Crippen LogP contribution in [-0.4, -0.2) is 20.9 Å². The average Bonchev–Trinajstić information content (AvgIpc) is 2.87. The minimum absolute atomic E-state index is 0.0182. The van der Waals surface area contributed by atoms with Crippen molar-refractivity contribution >= 4 is 17.1 Å². The van der Waals surface area contributed by atoms with Crippen LogP contribution in [0.25, 0.3) is 0 Å². The molecular formula is C11H13N3O2S. The zero-order valence-electron chi connectivity index (χ0n) is 9.93. The summed E-state index contributed by atoms with van der Waals surface area (Å²) in [4.78, 5) is 19.7. The van der Waals surface area contributed by atoms with Crippen molar-refractivity contribution in [3.8, 4) is 0 Å². The molecule has 0 aliphatic carbocycles. The second-order valence-corrected chi connectivity index (χ2v) is 4.98. The molecule has 0 fully saturated rings. The number of nitrogens with zero attached hydrogens (tertiary/aromatic N) is 3. The van der Waals surface area contributed by atoms with Crippen LogP contribution >= 0.6 is 11.3 Å². The van der Waals surface area contributed by atoms with Crippen LogP contribution in [0.3, 0.4) is 0 Å². The summed E-state index contributed by atoms with van der Waals surface area (Å²) in [5.41, 5.74) is 0.926. The largest absolute Gasteiger partial charge is 0.339 e. The van der Waals surface area contributed by atoms with Crippen LogP contribution in [0.1, 0.15) is 42.2 Å². The van der Waals surface area contributed by atoms with Crippen LogP contribution < -0.4 is 0 Å². The molecule has 6 heteroatoms. The summed E-state index contributed by atoms with van der Waals surface area (Å²) >= 11 is 1.59. The van der Waals surface area contributed by atoms with Crippen LogP contribution in [0, 0.1) is 6.92 Å². The molecule has 2 aromatic heterocycles. The molecular weight excluding hydrogens is 238 g/mol. The first-order valence-corrected chi connectivity index (χ1v) is 6.18. The number of rotatable bonds is 4. The van der Waals surface area contributed by atoms with Gasteiger partial charge < -0.3 is 4.52 Å². The lowest BCUT2D eigenvalue weighted by molar-refractivity contribution is -0.118. The molecule has 0 spiro atoms. The summed E-state index contributed by atoms with van der Waals surface area (Å²) in [5, 5.41) is 6.84. The van der Waals surface area contributed by atoms with E-state index in [1.54, 1.807) is 18.3 Å². The van der Waals surface area contributed by atoms with E-state index in [1.165, 1.54) is 6.92 Å². The zero-order valence-corrected chi connectivity index (χ0v) is 10.7. The fourth-order valence-corrected chi connectivity index (χ4v) is 1.95. The highest BCUT2D eigenvalue weighted by molar-refractivity contribution is 7.09. The second-order valence-electron chi connectivity index (χ2n) is 3.92. The molecule has 0 amide bonds. The molecule has 2 rings (SSSR count). The van der Waals surface area contributed by atoms with Crippen LogP contribution in [0.15, 0.2) is 9.90 Å². The predicted octanol–water partition coefficient (Wildman–Crippen LogP) is 2.12. The Morgan fingerprint density at radius 1 is 1.53 bits per heavy atom. The van der Waals surface area contributed by atoms with Crippen LogP contribution in [0.2, 0.25) is 0 Å². The van der Waals surface area contributed by atoms with Crippen molar-refractivity contribution in [1.82, 2.24) is 15.1 Å². The van der Waals surface area contributed by atoms with Crippen molar-refractivity contribution < 1.29 is 9.32 Å². The molecule has 5 nitrogen and oxygen atoms in total. The number of thiazole rings is 1. The van der Waals surface area contributed by atoms with E-state index in [-0.39, 0.29) is 11.7 Å². The van der Waals surface area contributed by atoms with E-state index in [2.05, 4.69) is 15.1 Å². The van der Waals surface area contributed by atoms with Gasteiger partial charge in [0.15, 0.2) is 5.82 Å². The van der Waals surface area contributed by atoms with Crippen molar-refractivity contribution in [3.63, 3.8) is 0 Å². The highest BCUT2D eigenvalue weighted by Gasteiger charge is 2.18. The number of hydrogen-bond acceptors (Lipinski definition) is 6. The van der Waals surface area contributed by atoms with Gasteiger partial charge in [0, 0.05) is 5.38 Å². The van der Waals surface area contributed by atoms with Gasteiger partial charge >= 0.3 is 0 Å². The second kappa shape index (κ2) is 4.75. The fourth-order valence-electron chi connectivity index (χ4n) is 1.34. The summed E-state index contributed by atoms with van der Waals surface area (Å²) in [7, 11) is 0. The van der Waals surface area contributed by atoms with Gasteiger partial charge in [0.25, 0.3) is 0 Å². The topological polar surface area (TPSA) is 68.9 Å². The van der Waals surface area contributed by atoms with Crippen molar-refractivity contribution in [2.45, 2.75) is 33.1 Å². The Kier molecular flexibility index (Phi) is 3.33. The maximum absolute atomic E-state index is 11.2. The molecule has 1 atom stereocenters. The van der Waals surface area contributed by atoms with E-state index in [0.717, 1.165) is 10.7 Å². The molecule has 0 N–H and O–H groups in total. The van der Waals surface area contributed by atoms with E-state index < -0.39 is 0 Å². The van der Waals surface area contributed by atoms with Gasteiger partial charge in [-0.15, -0.1) is 11.3 Å². The Bertz CT molecular complexity index is 532. The van der Waals surface area contributed by atoms with E-state index >= 15 is 0 Å².